The van der Waals surface area contributed by atoms with Gasteiger partial charge in [-0.25, -0.2) is 4.79 Å². The number of aromatic nitrogens is 3. The minimum absolute atomic E-state index is 0.139. The lowest BCUT2D eigenvalue weighted by atomic mass is 10.2. The number of anilines is 1. The van der Waals surface area contributed by atoms with E-state index in [9.17, 15) is 9.59 Å². The molecule has 1 N–H and O–H groups in total. The SMILES string of the molecule is C=CCn1c(SCC(=O)Nc2sc(CC)cc2C(=O)OC)nnc1-c1cccs1. The maximum absolute atomic E-state index is 12.5. The van der Waals surface area contributed by atoms with Gasteiger partial charge in [-0.15, -0.1) is 39.4 Å². The van der Waals surface area contributed by atoms with Crippen molar-refractivity contribution in [1.82, 2.24) is 14.8 Å². The van der Waals surface area contributed by atoms with Gasteiger partial charge in [0, 0.05) is 11.4 Å². The van der Waals surface area contributed by atoms with Gasteiger partial charge in [-0.05, 0) is 23.9 Å². The minimum atomic E-state index is -0.463. The Balaban J connectivity index is 1.71. The number of aryl methyl sites for hydroxylation is 1. The molecule has 3 aromatic rings. The largest absolute Gasteiger partial charge is 0.465 e. The number of esters is 1. The summed E-state index contributed by atoms with van der Waals surface area (Å²) in [6.45, 7) is 6.33. The first-order chi connectivity index (χ1) is 14.1. The van der Waals surface area contributed by atoms with E-state index in [1.54, 1.807) is 23.5 Å². The van der Waals surface area contributed by atoms with Crippen molar-refractivity contribution in [1.29, 1.82) is 0 Å². The van der Waals surface area contributed by atoms with Gasteiger partial charge in [0.25, 0.3) is 0 Å². The molecule has 0 fully saturated rings. The Morgan fingerprint density at radius 1 is 1.41 bits per heavy atom. The zero-order chi connectivity index (χ0) is 20.8. The van der Waals surface area contributed by atoms with Gasteiger partial charge < -0.3 is 10.1 Å². The first-order valence-electron chi connectivity index (χ1n) is 8.79. The fourth-order valence-electron chi connectivity index (χ4n) is 2.54. The van der Waals surface area contributed by atoms with Gasteiger partial charge >= 0.3 is 5.97 Å². The molecule has 29 heavy (non-hydrogen) atoms. The van der Waals surface area contributed by atoms with Crippen LogP contribution in [0.4, 0.5) is 5.00 Å². The highest BCUT2D eigenvalue weighted by Gasteiger charge is 2.19. The molecule has 1 amide bonds. The van der Waals surface area contributed by atoms with Crippen molar-refractivity contribution in [2.75, 3.05) is 18.2 Å². The van der Waals surface area contributed by atoms with Crippen LogP contribution in [0.2, 0.25) is 0 Å². The van der Waals surface area contributed by atoms with E-state index in [0.717, 1.165) is 22.0 Å². The Labute approximate surface area is 180 Å². The Morgan fingerprint density at radius 3 is 2.90 bits per heavy atom. The molecule has 0 saturated heterocycles. The van der Waals surface area contributed by atoms with Crippen LogP contribution in [-0.4, -0.2) is 39.5 Å². The Bertz CT molecular complexity index is 1010. The predicted molar refractivity (Wildman–Crippen MR) is 118 cm³/mol. The molecule has 3 heterocycles. The van der Waals surface area contributed by atoms with E-state index in [1.807, 2.05) is 29.0 Å². The molecule has 10 heteroatoms. The number of methoxy groups -OCH3 is 1. The van der Waals surface area contributed by atoms with E-state index in [1.165, 1.54) is 30.2 Å². The number of nitrogens with zero attached hydrogens (tertiary/aromatic N) is 3. The van der Waals surface area contributed by atoms with Crippen molar-refractivity contribution in [3.8, 4) is 10.7 Å². The number of nitrogens with one attached hydrogen (secondary N) is 1. The number of ether oxygens (including phenoxy) is 1. The smallest absolute Gasteiger partial charge is 0.340 e. The van der Waals surface area contributed by atoms with Gasteiger partial charge in [0.1, 0.15) is 5.00 Å². The van der Waals surface area contributed by atoms with E-state index in [4.69, 9.17) is 4.74 Å². The van der Waals surface area contributed by atoms with Crippen LogP contribution in [0, 0.1) is 0 Å². The summed E-state index contributed by atoms with van der Waals surface area (Å²) in [6, 6.07) is 5.69. The van der Waals surface area contributed by atoms with E-state index < -0.39 is 5.97 Å². The van der Waals surface area contributed by atoms with Gasteiger partial charge in [-0.3, -0.25) is 9.36 Å². The molecule has 0 saturated carbocycles. The van der Waals surface area contributed by atoms with Crippen LogP contribution in [0.1, 0.15) is 22.2 Å². The molecule has 152 valence electrons. The molecule has 3 aromatic heterocycles. The summed E-state index contributed by atoms with van der Waals surface area (Å²) in [7, 11) is 1.32. The van der Waals surface area contributed by atoms with Crippen LogP contribution < -0.4 is 5.32 Å². The monoisotopic (exact) mass is 448 g/mol. The van der Waals surface area contributed by atoms with Gasteiger partial charge in [0.15, 0.2) is 11.0 Å². The zero-order valence-electron chi connectivity index (χ0n) is 16.0. The van der Waals surface area contributed by atoms with E-state index >= 15 is 0 Å². The highest BCUT2D eigenvalue weighted by molar-refractivity contribution is 7.99. The average molecular weight is 449 g/mol. The fraction of sp³-hybridized carbons (Fsp3) is 0.263. The molecule has 0 atom stereocenters. The van der Waals surface area contributed by atoms with Gasteiger partial charge in [-0.2, -0.15) is 0 Å². The number of thiophene rings is 2. The Hall–Kier alpha value is -2.43. The predicted octanol–water partition coefficient (Wildman–Crippen LogP) is 4.33. The number of thioether (sulfide) groups is 1. The van der Waals surface area contributed by atoms with Crippen molar-refractivity contribution >= 4 is 51.3 Å². The number of carbonyl (C=O) groups is 2. The summed E-state index contributed by atoms with van der Waals surface area (Å²) < 4.78 is 6.74. The third kappa shape index (κ3) is 4.95. The first-order valence-corrected chi connectivity index (χ1v) is 11.5. The minimum Gasteiger partial charge on any atom is -0.465 e. The molecule has 0 bridgehead atoms. The lowest BCUT2D eigenvalue weighted by molar-refractivity contribution is -0.113. The van der Waals surface area contributed by atoms with Crippen molar-refractivity contribution in [3.63, 3.8) is 0 Å². The van der Waals surface area contributed by atoms with Crippen LogP contribution in [-0.2, 0) is 22.5 Å². The van der Waals surface area contributed by atoms with Crippen LogP contribution in [0.15, 0.2) is 41.4 Å². The summed E-state index contributed by atoms with van der Waals surface area (Å²) >= 11 is 4.25. The van der Waals surface area contributed by atoms with Crippen LogP contribution in [0.5, 0.6) is 0 Å². The van der Waals surface area contributed by atoms with E-state index in [-0.39, 0.29) is 11.7 Å². The van der Waals surface area contributed by atoms with Crippen LogP contribution >= 0.6 is 34.4 Å². The number of allylic oxidation sites excluding steroid dienone is 1. The first kappa shape index (κ1) is 21.3. The Morgan fingerprint density at radius 2 is 2.24 bits per heavy atom. The molecule has 0 aliphatic heterocycles. The molecule has 0 aliphatic rings. The molecule has 0 spiro atoms. The van der Waals surface area contributed by atoms with Crippen LogP contribution in [0.25, 0.3) is 10.7 Å². The van der Waals surface area contributed by atoms with Crippen LogP contribution in [0.3, 0.4) is 0 Å². The number of carbonyl (C=O) groups excluding carboxylic acids is 2. The zero-order valence-corrected chi connectivity index (χ0v) is 18.5. The summed E-state index contributed by atoms with van der Waals surface area (Å²) in [6.07, 6.45) is 2.54. The molecular formula is C19H20N4O3S3. The summed E-state index contributed by atoms with van der Waals surface area (Å²) in [5.74, 6) is 0.201. The highest BCUT2D eigenvalue weighted by atomic mass is 32.2. The standard InChI is InChI=1S/C19H20N4O3S3/c1-4-8-23-16(14-7-6-9-27-14)21-22-19(23)28-11-15(24)20-17-13(18(25)26-3)10-12(5-2)29-17/h4,6-7,9-10H,1,5,8,11H2,2-3H3,(H,20,24). The number of hydrogen-bond donors (Lipinski definition) is 1. The maximum atomic E-state index is 12.5. The summed E-state index contributed by atoms with van der Waals surface area (Å²) in [5, 5.41) is 14.4. The second-order valence-electron chi connectivity index (χ2n) is 5.82. The van der Waals surface area contributed by atoms with E-state index in [2.05, 4.69) is 22.1 Å². The topological polar surface area (TPSA) is 86.1 Å². The number of rotatable bonds is 9. The second kappa shape index (κ2) is 9.86. The van der Waals surface area contributed by atoms with Gasteiger partial charge in [0.2, 0.25) is 5.91 Å². The van der Waals surface area contributed by atoms with Gasteiger partial charge in [-0.1, -0.05) is 30.8 Å². The van der Waals surface area contributed by atoms with E-state index in [0.29, 0.717) is 22.3 Å². The average Bonchev–Trinajstić information content (AvgIpc) is 3.46. The Kier molecular flexibility index (Phi) is 7.24. The third-order valence-corrected chi connectivity index (χ3v) is 6.92. The van der Waals surface area contributed by atoms with Crippen molar-refractivity contribution in [2.45, 2.75) is 25.0 Å². The molecular weight excluding hydrogens is 428 g/mol. The van der Waals surface area contributed by atoms with Gasteiger partial charge in [0.05, 0.1) is 23.3 Å². The number of amides is 1. The summed E-state index contributed by atoms with van der Waals surface area (Å²) in [4.78, 5) is 26.5. The molecule has 0 unspecified atom stereocenters. The van der Waals surface area contributed by atoms with Crippen molar-refractivity contribution in [3.05, 3.63) is 46.7 Å². The molecule has 3 rings (SSSR count). The third-order valence-electron chi connectivity index (χ3n) is 3.89. The quantitative estimate of drug-likeness (QED) is 0.298. The highest BCUT2D eigenvalue weighted by Crippen LogP contribution is 2.30. The maximum Gasteiger partial charge on any atom is 0.340 e. The van der Waals surface area contributed by atoms with Crippen molar-refractivity contribution < 1.29 is 14.3 Å². The fourth-order valence-corrected chi connectivity index (χ4v) is 5.01. The molecule has 0 aliphatic carbocycles. The lowest BCUT2D eigenvalue weighted by Gasteiger charge is -2.07. The second-order valence-corrected chi connectivity index (χ2v) is 8.85. The number of hydrogen-bond acceptors (Lipinski definition) is 8. The lowest BCUT2D eigenvalue weighted by Crippen LogP contribution is -2.16. The normalized spacial score (nSPS) is 10.7. The molecule has 0 radical (unpaired) electrons. The summed E-state index contributed by atoms with van der Waals surface area (Å²) in [5.41, 5.74) is 0.377. The molecule has 0 aromatic carbocycles. The van der Waals surface area contributed by atoms with Crippen molar-refractivity contribution in [2.24, 2.45) is 0 Å². The molecule has 7 nitrogen and oxygen atoms in total.